The highest BCUT2D eigenvalue weighted by Gasteiger charge is 2.06. The highest BCUT2D eigenvalue weighted by atomic mass is 127. The number of methoxy groups -OCH3 is 1. The van der Waals surface area contributed by atoms with Crippen LogP contribution in [0.4, 0.5) is 0 Å². The molecule has 128 valence electrons. The van der Waals surface area contributed by atoms with Crippen molar-refractivity contribution >= 4 is 41.3 Å². The summed E-state index contributed by atoms with van der Waals surface area (Å²) in [6.45, 7) is 4.15. The molecule has 2 aromatic heterocycles. The van der Waals surface area contributed by atoms with E-state index in [9.17, 15) is 0 Å². The Labute approximate surface area is 158 Å². The summed E-state index contributed by atoms with van der Waals surface area (Å²) in [6, 6.07) is 8.21. The van der Waals surface area contributed by atoms with E-state index in [0.29, 0.717) is 13.2 Å². The second kappa shape index (κ2) is 11.5. The summed E-state index contributed by atoms with van der Waals surface area (Å²) in [5, 5.41) is 8.75. The van der Waals surface area contributed by atoms with Gasteiger partial charge in [-0.1, -0.05) is 6.07 Å². The van der Waals surface area contributed by atoms with Gasteiger partial charge < -0.3 is 19.8 Å². The molecule has 0 fully saturated rings. The second-order valence-corrected chi connectivity index (χ2v) is 6.03. The van der Waals surface area contributed by atoms with Gasteiger partial charge in [0.05, 0.1) is 19.4 Å². The minimum absolute atomic E-state index is 0. The summed E-state index contributed by atoms with van der Waals surface area (Å²) in [4.78, 5) is 5.87. The molecule has 0 spiro atoms. The maximum atomic E-state index is 5.34. The van der Waals surface area contributed by atoms with Crippen molar-refractivity contribution in [3.63, 3.8) is 0 Å². The first kappa shape index (κ1) is 20.0. The number of rotatable bonds is 8. The van der Waals surface area contributed by atoms with Gasteiger partial charge >= 0.3 is 0 Å². The molecule has 5 nitrogen and oxygen atoms in total. The van der Waals surface area contributed by atoms with Crippen molar-refractivity contribution in [2.45, 2.75) is 25.9 Å². The standard InChI is InChI=1S/C16H23N3O2S.HI/c1-13(12-20-2)19-16(18-11-15-6-4-10-22-15)17-8-7-14-5-3-9-21-14;/h3-6,9-10,13H,7-8,11-12H2,1-2H3,(H2,17,18,19);1H. The van der Waals surface area contributed by atoms with Crippen LogP contribution in [0.3, 0.4) is 0 Å². The van der Waals surface area contributed by atoms with E-state index in [0.717, 1.165) is 24.7 Å². The van der Waals surface area contributed by atoms with E-state index in [4.69, 9.17) is 9.15 Å². The molecule has 2 N–H and O–H groups in total. The van der Waals surface area contributed by atoms with Gasteiger partial charge in [0.2, 0.25) is 0 Å². The number of nitrogens with zero attached hydrogens (tertiary/aromatic N) is 1. The van der Waals surface area contributed by atoms with Crippen LogP contribution in [0.2, 0.25) is 0 Å². The van der Waals surface area contributed by atoms with Gasteiger partial charge in [0.15, 0.2) is 5.96 Å². The molecule has 0 amide bonds. The Morgan fingerprint density at radius 1 is 1.39 bits per heavy atom. The Morgan fingerprint density at radius 2 is 2.26 bits per heavy atom. The summed E-state index contributed by atoms with van der Waals surface area (Å²) in [5.74, 6) is 1.76. The molecule has 0 aromatic carbocycles. The summed E-state index contributed by atoms with van der Waals surface area (Å²) < 4.78 is 10.5. The van der Waals surface area contributed by atoms with Crippen molar-refractivity contribution in [1.82, 2.24) is 10.6 Å². The van der Waals surface area contributed by atoms with Crippen molar-refractivity contribution in [2.75, 3.05) is 20.3 Å². The lowest BCUT2D eigenvalue weighted by atomic mass is 10.3. The number of halogens is 1. The molecule has 1 atom stereocenters. The third kappa shape index (κ3) is 7.85. The van der Waals surface area contributed by atoms with Gasteiger partial charge in [-0.3, -0.25) is 0 Å². The molecule has 0 radical (unpaired) electrons. The van der Waals surface area contributed by atoms with Crippen LogP contribution in [0, 0.1) is 0 Å². The molecule has 23 heavy (non-hydrogen) atoms. The summed E-state index contributed by atoms with van der Waals surface area (Å²) in [5.41, 5.74) is 0. The highest BCUT2D eigenvalue weighted by molar-refractivity contribution is 14.0. The third-order valence-corrected chi connectivity index (χ3v) is 3.88. The van der Waals surface area contributed by atoms with Crippen molar-refractivity contribution < 1.29 is 9.15 Å². The van der Waals surface area contributed by atoms with Gasteiger partial charge in [0.1, 0.15) is 5.76 Å². The molecule has 0 aliphatic heterocycles. The first-order chi connectivity index (χ1) is 10.8. The number of thiophene rings is 1. The minimum atomic E-state index is 0. The molecular weight excluding hydrogens is 425 g/mol. The number of furan rings is 1. The second-order valence-electron chi connectivity index (χ2n) is 5.00. The van der Waals surface area contributed by atoms with Crippen molar-refractivity contribution in [1.29, 1.82) is 0 Å². The smallest absolute Gasteiger partial charge is 0.191 e. The Hall–Kier alpha value is -1.06. The number of aliphatic imine (C=N–C) groups is 1. The van der Waals surface area contributed by atoms with Gasteiger partial charge in [0, 0.05) is 31.0 Å². The van der Waals surface area contributed by atoms with Crippen molar-refractivity contribution in [3.05, 3.63) is 46.5 Å². The fourth-order valence-electron chi connectivity index (χ4n) is 2.00. The molecule has 0 bridgehead atoms. The maximum Gasteiger partial charge on any atom is 0.191 e. The SMILES string of the molecule is COCC(C)NC(=NCc1cccs1)NCCc1ccco1.I. The van der Waals surface area contributed by atoms with E-state index >= 15 is 0 Å². The third-order valence-electron chi connectivity index (χ3n) is 3.02. The number of hydrogen-bond donors (Lipinski definition) is 2. The minimum Gasteiger partial charge on any atom is -0.469 e. The topological polar surface area (TPSA) is 58.8 Å². The Kier molecular flexibility index (Phi) is 9.97. The lowest BCUT2D eigenvalue weighted by molar-refractivity contribution is 0.179. The molecular formula is C16H24IN3O2S. The van der Waals surface area contributed by atoms with E-state index in [1.54, 1.807) is 24.7 Å². The van der Waals surface area contributed by atoms with Gasteiger partial charge in [-0.05, 0) is 30.5 Å². The van der Waals surface area contributed by atoms with Crippen molar-refractivity contribution in [2.24, 2.45) is 4.99 Å². The Balaban J connectivity index is 0.00000264. The van der Waals surface area contributed by atoms with Gasteiger partial charge in [-0.25, -0.2) is 4.99 Å². The van der Waals surface area contributed by atoms with Crippen LogP contribution < -0.4 is 10.6 Å². The van der Waals surface area contributed by atoms with E-state index in [2.05, 4.69) is 34.0 Å². The van der Waals surface area contributed by atoms with E-state index in [-0.39, 0.29) is 30.0 Å². The average Bonchev–Trinajstić information content (AvgIpc) is 3.18. The van der Waals surface area contributed by atoms with Gasteiger partial charge in [-0.2, -0.15) is 0 Å². The van der Waals surface area contributed by atoms with Crippen molar-refractivity contribution in [3.8, 4) is 0 Å². The Morgan fingerprint density at radius 3 is 2.91 bits per heavy atom. The molecule has 2 heterocycles. The van der Waals surface area contributed by atoms with Crippen LogP contribution in [-0.4, -0.2) is 32.3 Å². The monoisotopic (exact) mass is 449 g/mol. The molecule has 0 saturated heterocycles. The lowest BCUT2D eigenvalue weighted by Crippen LogP contribution is -2.44. The quantitative estimate of drug-likeness (QED) is 0.369. The van der Waals surface area contributed by atoms with Crippen LogP contribution >= 0.6 is 35.3 Å². The first-order valence-corrected chi connectivity index (χ1v) is 8.24. The zero-order chi connectivity index (χ0) is 15.6. The normalized spacial score (nSPS) is 12.5. The number of guanidine groups is 1. The fourth-order valence-corrected chi connectivity index (χ4v) is 2.62. The van der Waals surface area contributed by atoms with Crippen LogP contribution in [-0.2, 0) is 17.7 Å². The average molecular weight is 449 g/mol. The number of ether oxygens (including phenoxy) is 1. The fraction of sp³-hybridized carbons (Fsp3) is 0.438. The Bertz CT molecular complexity index is 544. The molecule has 7 heteroatoms. The van der Waals surface area contributed by atoms with Crippen LogP contribution in [0.25, 0.3) is 0 Å². The zero-order valence-electron chi connectivity index (χ0n) is 13.5. The maximum absolute atomic E-state index is 5.34. The van der Waals surface area contributed by atoms with Gasteiger partial charge in [-0.15, -0.1) is 35.3 Å². The summed E-state index contributed by atoms with van der Waals surface area (Å²) >= 11 is 1.71. The summed E-state index contributed by atoms with van der Waals surface area (Å²) in [7, 11) is 1.70. The van der Waals surface area contributed by atoms with Crippen LogP contribution in [0.1, 0.15) is 17.6 Å². The molecule has 2 aromatic rings. The molecule has 0 saturated carbocycles. The molecule has 2 rings (SSSR count). The van der Waals surface area contributed by atoms with E-state index in [1.165, 1.54) is 4.88 Å². The first-order valence-electron chi connectivity index (χ1n) is 7.36. The number of hydrogen-bond acceptors (Lipinski definition) is 4. The highest BCUT2D eigenvalue weighted by Crippen LogP contribution is 2.09. The van der Waals surface area contributed by atoms with Gasteiger partial charge in [0.25, 0.3) is 0 Å². The lowest BCUT2D eigenvalue weighted by Gasteiger charge is -2.17. The van der Waals surface area contributed by atoms with Crippen LogP contribution in [0.15, 0.2) is 45.3 Å². The molecule has 1 unspecified atom stereocenters. The molecule has 0 aliphatic carbocycles. The predicted molar refractivity (Wildman–Crippen MR) is 106 cm³/mol. The predicted octanol–water partition coefficient (Wildman–Crippen LogP) is 3.27. The van der Waals surface area contributed by atoms with Crippen LogP contribution in [0.5, 0.6) is 0 Å². The number of nitrogens with one attached hydrogen (secondary N) is 2. The van der Waals surface area contributed by atoms with E-state index in [1.807, 2.05) is 18.2 Å². The summed E-state index contributed by atoms with van der Waals surface area (Å²) in [6.07, 6.45) is 2.52. The van der Waals surface area contributed by atoms with E-state index < -0.39 is 0 Å². The largest absolute Gasteiger partial charge is 0.469 e. The molecule has 0 aliphatic rings. The zero-order valence-corrected chi connectivity index (χ0v) is 16.6.